The zero-order valence-electron chi connectivity index (χ0n) is 29.3. The Morgan fingerprint density at radius 2 is 1.00 bits per heavy atom. The van der Waals surface area contributed by atoms with E-state index in [0.29, 0.717) is 41.4 Å². The molecule has 51 heavy (non-hydrogen) atoms. The van der Waals surface area contributed by atoms with E-state index in [4.69, 9.17) is 9.47 Å². The Bertz CT molecular complexity index is 1710. The van der Waals surface area contributed by atoms with Crippen LogP contribution in [0.25, 0.3) is 0 Å². The normalized spacial score (nSPS) is 11.2. The van der Waals surface area contributed by atoms with Gasteiger partial charge >= 0.3 is 37.7 Å². The van der Waals surface area contributed by atoms with E-state index in [1.165, 1.54) is 67.4 Å². The number of phenolic OH excluding ortho intramolecular Hbond substituents is 1. The molecular formula is C38H46CaO10S2. The smallest absolute Gasteiger partial charge is 0.872 e. The molecule has 0 saturated carbocycles. The monoisotopic (exact) mass is 766 g/mol. The number of unbranched alkanes of at least 4 members (excludes halogenated alkanes) is 8. The van der Waals surface area contributed by atoms with E-state index in [2.05, 4.69) is 13.8 Å². The molecule has 0 spiro atoms. The van der Waals surface area contributed by atoms with Crippen LogP contribution in [0.1, 0.15) is 89.2 Å². The maximum atomic E-state index is 11.4. The molecule has 4 rings (SSSR count). The van der Waals surface area contributed by atoms with Gasteiger partial charge in [0.1, 0.15) is 38.9 Å². The Hall–Kier alpha value is -2.84. The van der Waals surface area contributed by atoms with Crippen LogP contribution in [-0.4, -0.2) is 68.8 Å². The van der Waals surface area contributed by atoms with Crippen molar-refractivity contribution >= 4 is 58.0 Å². The first-order valence-electron chi connectivity index (χ1n) is 16.9. The second-order valence-electron chi connectivity index (χ2n) is 12.0. The van der Waals surface area contributed by atoms with Crippen LogP contribution in [0, 0.1) is 0 Å². The molecular weight excluding hydrogens is 721 g/mol. The van der Waals surface area contributed by atoms with Crippen molar-refractivity contribution < 1.29 is 45.6 Å². The molecule has 0 heterocycles. The van der Waals surface area contributed by atoms with Crippen molar-refractivity contribution in [2.75, 3.05) is 0 Å². The second-order valence-corrected chi connectivity index (χ2v) is 14.8. The van der Waals surface area contributed by atoms with E-state index in [0.717, 1.165) is 56.9 Å². The molecule has 0 aliphatic carbocycles. The zero-order valence-corrected chi connectivity index (χ0v) is 33.1. The van der Waals surface area contributed by atoms with Gasteiger partial charge in [-0.3, -0.25) is 4.55 Å². The molecule has 0 aliphatic rings. The van der Waals surface area contributed by atoms with E-state index >= 15 is 0 Å². The number of aryl methyl sites for hydroxylation is 2. The molecule has 0 fully saturated rings. The fraction of sp³-hybridized carbons (Fsp3) is 0.368. The molecule has 0 aromatic heterocycles. The van der Waals surface area contributed by atoms with Gasteiger partial charge in [0.25, 0.3) is 10.1 Å². The number of rotatable bonds is 18. The van der Waals surface area contributed by atoms with Crippen molar-refractivity contribution in [2.45, 2.75) is 101 Å². The summed E-state index contributed by atoms with van der Waals surface area (Å²) in [5.74, 6) is 2.12. The van der Waals surface area contributed by atoms with Crippen molar-refractivity contribution in [3.05, 3.63) is 96.1 Å². The standard InChI is InChI=1S/2C19H24O5S.Ca/c2*1-2-3-4-5-6-7-15-14-18(25(21,22)23)12-13-19(15)24-17-10-8-16(20)9-11-17;/h2*8-14,20H,2-7H2,1H3,(H,21,22,23);/q;;+2/p-2. The van der Waals surface area contributed by atoms with Crippen LogP contribution in [0.4, 0.5) is 0 Å². The summed E-state index contributed by atoms with van der Waals surface area (Å²) in [5, 5.41) is 20.5. The van der Waals surface area contributed by atoms with Crippen LogP contribution in [-0.2, 0) is 33.1 Å². The van der Waals surface area contributed by atoms with Gasteiger partial charge in [0.05, 0.1) is 9.79 Å². The van der Waals surface area contributed by atoms with Crippen molar-refractivity contribution in [3.8, 4) is 34.5 Å². The Morgan fingerprint density at radius 1 is 0.588 bits per heavy atom. The maximum Gasteiger partial charge on any atom is 2.00 e. The SMILES string of the molecule is CCCCCCCc1cc(S(=O)(=O)O)ccc1Oc1ccc(O)cc1.CCCCCCCc1cc(S(=O)(=O)[O-])ccc1Oc1ccc([O-])cc1.[Ca+2]. The van der Waals surface area contributed by atoms with Gasteiger partial charge in [-0.25, -0.2) is 8.42 Å². The first-order chi connectivity index (χ1) is 23.8. The fourth-order valence-corrected chi connectivity index (χ4v) is 6.18. The predicted molar refractivity (Wildman–Crippen MR) is 195 cm³/mol. The Balaban J connectivity index is 0.000000347. The summed E-state index contributed by atoms with van der Waals surface area (Å²) in [6.07, 6.45) is 12.1. The minimum absolute atomic E-state index is 0. The van der Waals surface area contributed by atoms with Crippen LogP contribution in [0.15, 0.2) is 94.7 Å². The molecule has 4 aromatic rings. The molecule has 272 valence electrons. The summed E-state index contributed by atoms with van der Waals surface area (Å²) >= 11 is 0. The van der Waals surface area contributed by atoms with Crippen molar-refractivity contribution in [3.63, 3.8) is 0 Å². The summed E-state index contributed by atoms with van der Waals surface area (Å²) in [6.45, 7) is 4.29. The van der Waals surface area contributed by atoms with Gasteiger partial charge in [-0.1, -0.05) is 77.3 Å². The Morgan fingerprint density at radius 3 is 1.43 bits per heavy atom. The molecule has 10 nitrogen and oxygen atoms in total. The average molecular weight is 767 g/mol. The minimum Gasteiger partial charge on any atom is -0.872 e. The van der Waals surface area contributed by atoms with Crippen molar-refractivity contribution in [2.24, 2.45) is 0 Å². The van der Waals surface area contributed by atoms with Gasteiger partial charge in [0, 0.05) is 0 Å². The van der Waals surface area contributed by atoms with Crippen LogP contribution >= 0.6 is 0 Å². The number of ether oxygens (including phenoxy) is 2. The number of hydrogen-bond donors (Lipinski definition) is 2. The van der Waals surface area contributed by atoms with E-state index < -0.39 is 20.2 Å². The van der Waals surface area contributed by atoms with Gasteiger partial charge in [-0.15, -0.1) is 5.75 Å². The molecule has 0 amide bonds. The summed E-state index contributed by atoms with van der Waals surface area (Å²) in [5.41, 5.74) is 1.42. The first-order valence-corrected chi connectivity index (χ1v) is 19.8. The summed E-state index contributed by atoms with van der Waals surface area (Å²) in [7, 11) is -8.76. The first kappa shape index (κ1) is 44.3. The quantitative estimate of drug-likeness (QED) is 0.0568. The van der Waals surface area contributed by atoms with E-state index in [1.54, 1.807) is 30.3 Å². The summed E-state index contributed by atoms with van der Waals surface area (Å²) < 4.78 is 77.5. The number of aromatic hydroxyl groups is 1. The third kappa shape index (κ3) is 16.2. The van der Waals surface area contributed by atoms with Crippen molar-refractivity contribution in [1.82, 2.24) is 0 Å². The molecule has 0 aliphatic heterocycles. The fourth-order valence-electron chi connectivity index (χ4n) is 5.13. The predicted octanol–water partition coefficient (Wildman–Crippen LogP) is 8.53. The van der Waals surface area contributed by atoms with Crippen LogP contribution in [0.5, 0.6) is 34.5 Å². The van der Waals surface area contributed by atoms with Crippen LogP contribution in [0.3, 0.4) is 0 Å². The van der Waals surface area contributed by atoms with Gasteiger partial charge in [-0.05, 0) is 110 Å². The maximum absolute atomic E-state index is 11.4. The van der Waals surface area contributed by atoms with Gasteiger partial charge in [0.2, 0.25) is 0 Å². The molecule has 0 unspecified atom stereocenters. The molecule has 0 saturated heterocycles. The molecule has 0 bridgehead atoms. The Kier molecular flexibility index (Phi) is 19.4. The van der Waals surface area contributed by atoms with E-state index in [-0.39, 0.29) is 59.0 Å². The Labute approximate surface area is 332 Å². The largest absolute Gasteiger partial charge is 2.00 e. The van der Waals surface area contributed by atoms with Gasteiger partial charge in [0.15, 0.2) is 0 Å². The second kappa shape index (κ2) is 22.3. The minimum atomic E-state index is -4.51. The number of phenols is 1. The van der Waals surface area contributed by atoms with E-state index in [1.807, 2.05) is 0 Å². The van der Waals surface area contributed by atoms with Crippen LogP contribution < -0.4 is 14.6 Å². The topological polar surface area (TPSA) is 173 Å². The molecule has 2 N–H and O–H groups in total. The third-order valence-electron chi connectivity index (χ3n) is 7.87. The third-order valence-corrected chi connectivity index (χ3v) is 9.55. The zero-order chi connectivity index (χ0) is 36.6. The van der Waals surface area contributed by atoms with Gasteiger partial charge < -0.3 is 24.2 Å². The number of hydrogen-bond acceptors (Lipinski definition) is 9. The molecule has 0 radical (unpaired) electrons. The number of benzene rings is 4. The molecule has 0 atom stereocenters. The van der Waals surface area contributed by atoms with Crippen LogP contribution in [0.2, 0.25) is 0 Å². The summed E-state index contributed by atoms with van der Waals surface area (Å²) in [4.78, 5) is -0.382. The average Bonchev–Trinajstić information content (AvgIpc) is 3.07. The van der Waals surface area contributed by atoms with Crippen molar-refractivity contribution in [1.29, 1.82) is 0 Å². The molecule has 4 aromatic carbocycles. The van der Waals surface area contributed by atoms with Gasteiger partial charge in [-0.2, -0.15) is 8.42 Å². The van der Waals surface area contributed by atoms with E-state index in [9.17, 15) is 36.2 Å². The molecule has 13 heteroatoms. The summed E-state index contributed by atoms with van der Waals surface area (Å²) in [6, 6.07) is 20.7.